The number of pyridine rings is 1. The summed E-state index contributed by atoms with van der Waals surface area (Å²) in [5, 5.41) is 15.2. The quantitative estimate of drug-likeness (QED) is 0.617. The van der Waals surface area contributed by atoms with Crippen LogP contribution in [0, 0.1) is 0 Å². The van der Waals surface area contributed by atoms with Gasteiger partial charge in [-0.2, -0.15) is 0 Å². The standard InChI is InChI=1S/C20H17N3O3/c24-10-9-13-4-1-2-5-15(13)21-12-14-19-17(23-20(14)25)8-7-16(22-19)18-6-3-11-26-18/h1-8,11-12,21,24H,9-10H2,(H,23,25). The monoisotopic (exact) mass is 347 g/mol. The number of aromatic nitrogens is 1. The summed E-state index contributed by atoms with van der Waals surface area (Å²) in [5.41, 5.74) is 4.18. The van der Waals surface area contributed by atoms with Crippen LogP contribution in [0.4, 0.5) is 11.4 Å². The molecule has 2 aromatic heterocycles. The largest absolute Gasteiger partial charge is 0.463 e. The second-order valence-corrected chi connectivity index (χ2v) is 5.86. The van der Waals surface area contributed by atoms with Gasteiger partial charge in [0.15, 0.2) is 5.76 Å². The van der Waals surface area contributed by atoms with E-state index in [2.05, 4.69) is 15.6 Å². The first-order valence-corrected chi connectivity index (χ1v) is 8.28. The van der Waals surface area contributed by atoms with Crippen molar-refractivity contribution in [2.45, 2.75) is 6.42 Å². The number of hydrogen-bond acceptors (Lipinski definition) is 5. The predicted molar refractivity (Wildman–Crippen MR) is 99.4 cm³/mol. The Morgan fingerprint density at radius 1 is 1.15 bits per heavy atom. The van der Waals surface area contributed by atoms with Gasteiger partial charge in [-0.15, -0.1) is 0 Å². The van der Waals surface area contributed by atoms with Gasteiger partial charge in [0.25, 0.3) is 5.91 Å². The molecule has 3 aromatic rings. The molecule has 130 valence electrons. The summed E-state index contributed by atoms with van der Waals surface area (Å²) in [6, 6.07) is 14.9. The number of nitrogens with zero attached hydrogens (tertiary/aromatic N) is 1. The molecule has 4 rings (SSSR count). The van der Waals surface area contributed by atoms with Gasteiger partial charge in [0.1, 0.15) is 11.4 Å². The molecule has 0 saturated heterocycles. The van der Waals surface area contributed by atoms with Crippen molar-refractivity contribution in [1.82, 2.24) is 4.98 Å². The summed E-state index contributed by atoms with van der Waals surface area (Å²) >= 11 is 0. The highest BCUT2D eigenvalue weighted by atomic mass is 16.3. The van der Waals surface area contributed by atoms with Crippen molar-refractivity contribution in [3.8, 4) is 11.5 Å². The van der Waals surface area contributed by atoms with Gasteiger partial charge >= 0.3 is 0 Å². The molecule has 26 heavy (non-hydrogen) atoms. The van der Waals surface area contributed by atoms with Crippen LogP contribution in [0.2, 0.25) is 0 Å². The molecule has 0 radical (unpaired) electrons. The van der Waals surface area contributed by atoms with Crippen LogP contribution >= 0.6 is 0 Å². The minimum Gasteiger partial charge on any atom is -0.463 e. The second-order valence-electron chi connectivity index (χ2n) is 5.86. The Morgan fingerprint density at radius 3 is 2.85 bits per heavy atom. The SMILES string of the molecule is O=C1Nc2ccc(-c3ccco3)nc2C1=CNc1ccccc1CCO. The lowest BCUT2D eigenvalue weighted by Crippen LogP contribution is -2.06. The van der Waals surface area contributed by atoms with Crippen LogP contribution < -0.4 is 10.6 Å². The molecule has 1 aliphatic heterocycles. The van der Waals surface area contributed by atoms with Gasteiger partial charge in [-0.25, -0.2) is 4.98 Å². The zero-order valence-corrected chi connectivity index (χ0v) is 13.9. The third-order valence-corrected chi connectivity index (χ3v) is 4.19. The maximum atomic E-state index is 12.3. The number of para-hydroxylation sites is 1. The Hall–Kier alpha value is -3.38. The highest BCUT2D eigenvalue weighted by Gasteiger charge is 2.26. The van der Waals surface area contributed by atoms with Crippen LogP contribution in [0.1, 0.15) is 11.3 Å². The molecule has 0 aliphatic carbocycles. The topological polar surface area (TPSA) is 87.4 Å². The zero-order chi connectivity index (χ0) is 17.9. The average molecular weight is 347 g/mol. The van der Waals surface area contributed by atoms with Gasteiger partial charge in [0, 0.05) is 18.5 Å². The molecule has 3 N–H and O–H groups in total. The lowest BCUT2D eigenvalue weighted by Gasteiger charge is -2.08. The number of fused-ring (bicyclic) bond motifs is 1. The number of amides is 1. The molecule has 0 fully saturated rings. The number of rotatable bonds is 5. The summed E-state index contributed by atoms with van der Waals surface area (Å²) in [6.07, 6.45) is 3.77. The molecule has 1 amide bonds. The average Bonchev–Trinajstić information content (AvgIpc) is 3.28. The van der Waals surface area contributed by atoms with E-state index in [0.29, 0.717) is 34.8 Å². The fraction of sp³-hybridized carbons (Fsp3) is 0.100. The number of carbonyl (C=O) groups excluding carboxylic acids is 1. The van der Waals surface area contributed by atoms with Gasteiger partial charge in [-0.1, -0.05) is 18.2 Å². The molecule has 1 aliphatic rings. The fourth-order valence-electron chi connectivity index (χ4n) is 2.91. The first-order chi connectivity index (χ1) is 12.8. The Balaban J connectivity index is 1.67. The van der Waals surface area contributed by atoms with Gasteiger partial charge in [-0.05, 0) is 42.3 Å². The van der Waals surface area contributed by atoms with Crippen LogP contribution in [0.5, 0.6) is 0 Å². The number of hydrogen-bond donors (Lipinski definition) is 3. The lowest BCUT2D eigenvalue weighted by molar-refractivity contribution is -0.110. The van der Waals surface area contributed by atoms with Gasteiger partial charge in [0.05, 0.1) is 17.5 Å². The van der Waals surface area contributed by atoms with E-state index in [1.165, 1.54) is 0 Å². The fourth-order valence-corrected chi connectivity index (χ4v) is 2.91. The van der Waals surface area contributed by atoms with E-state index < -0.39 is 0 Å². The summed E-state index contributed by atoms with van der Waals surface area (Å²) in [7, 11) is 0. The molecule has 1 aromatic carbocycles. The van der Waals surface area contributed by atoms with Crippen molar-refractivity contribution in [3.05, 3.63) is 72.3 Å². The van der Waals surface area contributed by atoms with E-state index in [1.54, 1.807) is 18.5 Å². The lowest BCUT2D eigenvalue weighted by atomic mass is 10.1. The minimum atomic E-state index is -0.212. The molecule has 6 nitrogen and oxygen atoms in total. The van der Waals surface area contributed by atoms with E-state index in [-0.39, 0.29) is 12.5 Å². The molecule has 0 unspecified atom stereocenters. The number of anilines is 2. The van der Waals surface area contributed by atoms with Gasteiger partial charge in [-0.3, -0.25) is 4.79 Å². The van der Waals surface area contributed by atoms with E-state index in [9.17, 15) is 9.90 Å². The molecule has 0 atom stereocenters. The number of nitrogens with one attached hydrogen (secondary N) is 2. The maximum absolute atomic E-state index is 12.3. The summed E-state index contributed by atoms with van der Waals surface area (Å²) in [5.74, 6) is 0.434. The van der Waals surface area contributed by atoms with Crippen LogP contribution in [-0.4, -0.2) is 22.6 Å². The predicted octanol–water partition coefficient (Wildman–Crippen LogP) is 3.28. The highest BCUT2D eigenvalue weighted by molar-refractivity contribution is 6.31. The third-order valence-electron chi connectivity index (χ3n) is 4.19. The maximum Gasteiger partial charge on any atom is 0.259 e. The van der Waals surface area contributed by atoms with Gasteiger partial charge < -0.3 is 20.2 Å². The second kappa shape index (κ2) is 6.85. The first kappa shape index (κ1) is 16.1. The molecule has 3 heterocycles. The van der Waals surface area contributed by atoms with Crippen LogP contribution in [0.15, 0.2) is 65.4 Å². The Morgan fingerprint density at radius 2 is 2.04 bits per heavy atom. The van der Waals surface area contributed by atoms with E-state index in [0.717, 1.165) is 11.3 Å². The summed E-state index contributed by atoms with van der Waals surface area (Å²) in [6.45, 7) is 0.0621. The molecular weight excluding hydrogens is 330 g/mol. The van der Waals surface area contributed by atoms with Crippen LogP contribution in [-0.2, 0) is 11.2 Å². The molecule has 0 bridgehead atoms. The van der Waals surface area contributed by atoms with Crippen molar-refractivity contribution in [1.29, 1.82) is 0 Å². The van der Waals surface area contributed by atoms with Crippen molar-refractivity contribution in [2.24, 2.45) is 0 Å². The van der Waals surface area contributed by atoms with Gasteiger partial charge in [0.2, 0.25) is 0 Å². The normalized spacial score (nSPS) is 14.3. The third kappa shape index (κ3) is 2.98. The molecule has 6 heteroatoms. The van der Waals surface area contributed by atoms with Crippen molar-refractivity contribution in [3.63, 3.8) is 0 Å². The Bertz CT molecular complexity index is 978. The molecule has 0 spiro atoms. The van der Waals surface area contributed by atoms with E-state index in [4.69, 9.17) is 4.42 Å². The number of furan rings is 1. The number of aliphatic hydroxyl groups excluding tert-OH is 1. The zero-order valence-electron chi connectivity index (χ0n) is 13.9. The van der Waals surface area contributed by atoms with Crippen LogP contribution in [0.3, 0.4) is 0 Å². The van der Waals surface area contributed by atoms with Crippen LogP contribution in [0.25, 0.3) is 17.0 Å². The van der Waals surface area contributed by atoms with Crippen molar-refractivity contribution in [2.75, 3.05) is 17.2 Å². The van der Waals surface area contributed by atoms with Crippen molar-refractivity contribution < 1.29 is 14.3 Å². The number of aliphatic hydroxyl groups is 1. The number of carbonyl (C=O) groups is 1. The molecular formula is C20H17N3O3. The minimum absolute atomic E-state index is 0.0621. The Labute approximate surface area is 150 Å². The Kier molecular flexibility index (Phi) is 4.25. The first-order valence-electron chi connectivity index (χ1n) is 8.28. The summed E-state index contributed by atoms with van der Waals surface area (Å²) in [4.78, 5) is 16.9. The van der Waals surface area contributed by atoms with E-state index >= 15 is 0 Å². The van der Waals surface area contributed by atoms with Crippen molar-refractivity contribution >= 4 is 22.9 Å². The smallest absolute Gasteiger partial charge is 0.259 e. The number of benzene rings is 1. The van der Waals surface area contributed by atoms with E-state index in [1.807, 2.05) is 42.5 Å². The highest BCUT2D eigenvalue weighted by Crippen LogP contribution is 2.32. The summed E-state index contributed by atoms with van der Waals surface area (Å²) < 4.78 is 5.39. The molecule has 0 saturated carbocycles.